The molecule has 1 aromatic rings. The molecule has 0 aromatic heterocycles. The highest BCUT2D eigenvalue weighted by Crippen LogP contribution is 2.17. The normalized spacial score (nSPS) is 21.1. The number of nitrogens with zero attached hydrogens (tertiary/aromatic N) is 1. The molecule has 0 bridgehead atoms. The first kappa shape index (κ1) is 14.4. The number of likely N-dealkylation sites (tertiary alicyclic amines) is 1. The Balaban J connectivity index is 1.86. The van der Waals surface area contributed by atoms with Gasteiger partial charge >= 0.3 is 0 Å². The van der Waals surface area contributed by atoms with E-state index >= 15 is 0 Å². The van der Waals surface area contributed by atoms with Gasteiger partial charge in [0.1, 0.15) is 0 Å². The Morgan fingerprint density at radius 2 is 1.89 bits per heavy atom. The molecule has 0 spiro atoms. The molecule has 0 amide bonds. The highest BCUT2D eigenvalue weighted by molar-refractivity contribution is 5.45. The summed E-state index contributed by atoms with van der Waals surface area (Å²) in [6.45, 7) is 8.20. The van der Waals surface area contributed by atoms with Crippen LogP contribution in [0.3, 0.4) is 0 Å². The lowest BCUT2D eigenvalue weighted by Crippen LogP contribution is -2.26. The predicted octanol–water partition coefficient (Wildman–Crippen LogP) is 3.93. The van der Waals surface area contributed by atoms with Gasteiger partial charge in [0.2, 0.25) is 0 Å². The first-order valence-corrected chi connectivity index (χ1v) is 7.89. The second-order valence-corrected chi connectivity index (χ2v) is 5.65. The van der Waals surface area contributed by atoms with Gasteiger partial charge in [-0.15, -0.1) is 0 Å². The standard InChI is InChI=1S/C17H28N2/c1-3-6-15-8-10-17(11-9-15)18-16-7-5-13-19(4-2)14-12-16/h8-11,16,18H,3-7,12-14H2,1-2H3. The third-order valence-electron chi connectivity index (χ3n) is 4.13. The number of nitrogens with one attached hydrogen (secondary N) is 1. The summed E-state index contributed by atoms with van der Waals surface area (Å²) in [6, 6.07) is 9.66. The van der Waals surface area contributed by atoms with Crippen LogP contribution in [-0.2, 0) is 6.42 Å². The van der Waals surface area contributed by atoms with Crippen LogP contribution in [-0.4, -0.2) is 30.6 Å². The summed E-state index contributed by atoms with van der Waals surface area (Å²) in [6.07, 6.45) is 6.30. The van der Waals surface area contributed by atoms with Crippen molar-refractivity contribution in [1.82, 2.24) is 4.90 Å². The molecule has 1 aliphatic rings. The summed E-state index contributed by atoms with van der Waals surface area (Å²) in [5, 5.41) is 3.71. The Kier molecular flexibility index (Phi) is 5.71. The van der Waals surface area contributed by atoms with Crippen molar-refractivity contribution in [2.75, 3.05) is 25.0 Å². The quantitative estimate of drug-likeness (QED) is 0.863. The maximum absolute atomic E-state index is 3.71. The van der Waals surface area contributed by atoms with Gasteiger partial charge in [0.05, 0.1) is 0 Å². The van der Waals surface area contributed by atoms with Crippen LogP contribution in [0.2, 0.25) is 0 Å². The predicted molar refractivity (Wildman–Crippen MR) is 83.8 cm³/mol. The Hall–Kier alpha value is -1.02. The second-order valence-electron chi connectivity index (χ2n) is 5.65. The average Bonchev–Trinajstić information content (AvgIpc) is 2.66. The first-order valence-electron chi connectivity index (χ1n) is 7.89. The molecule has 2 rings (SSSR count). The minimum Gasteiger partial charge on any atom is -0.382 e. The van der Waals surface area contributed by atoms with E-state index in [2.05, 4.69) is 48.3 Å². The number of aryl methyl sites for hydroxylation is 1. The fraction of sp³-hybridized carbons (Fsp3) is 0.647. The van der Waals surface area contributed by atoms with Crippen molar-refractivity contribution in [1.29, 1.82) is 0 Å². The molecule has 0 saturated carbocycles. The summed E-state index contributed by atoms with van der Waals surface area (Å²) in [7, 11) is 0. The van der Waals surface area contributed by atoms with Crippen LogP contribution in [0.4, 0.5) is 5.69 Å². The van der Waals surface area contributed by atoms with Crippen LogP contribution in [0.5, 0.6) is 0 Å². The van der Waals surface area contributed by atoms with E-state index in [4.69, 9.17) is 0 Å². The Bertz CT molecular complexity index is 358. The third kappa shape index (κ3) is 4.54. The fourth-order valence-corrected chi connectivity index (χ4v) is 2.91. The van der Waals surface area contributed by atoms with Crippen molar-refractivity contribution in [3.63, 3.8) is 0 Å². The Morgan fingerprint density at radius 3 is 2.58 bits per heavy atom. The van der Waals surface area contributed by atoms with Gasteiger partial charge in [-0.05, 0) is 56.5 Å². The highest BCUT2D eigenvalue weighted by atomic mass is 15.1. The van der Waals surface area contributed by atoms with Crippen LogP contribution in [0.15, 0.2) is 24.3 Å². The summed E-state index contributed by atoms with van der Waals surface area (Å²) >= 11 is 0. The maximum Gasteiger partial charge on any atom is 0.0342 e. The molecule has 1 fully saturated rings. The molecule has 0 aliphatic carbocycles. The van der Waals surface area contributed by atoms with Crippen molar-refractivity contribution in [2.45, 2.75) is 52.0 Å². The van der Waals surface area contributed by atoms with E-state index in [1.54, 1.807) is 0 Å². The van der Waals surface area contributed by atoms with E-state index in [0.717, 1.165) is 0 Å². The van der Waals surface area contributed by atoms with Crippen molar-refractivity contribution >= 4 is 5.69 Å². The van der Waals surface area contributed by atoms with E-state index in [-0.39, 0.29) is 0 Å². The topological polar surface area (TPSA) is 15.3 Å². The minimum atomic E-state index is 0.647. The lowest BCUT2D eigenvalue weighted by atomic mass is 10.1. The number of hydrogen-bond donors (Lipinski definition) is 1. The maximum atomic E-state index is 3.71. The third-order valence-corrected chi connectivity index (χ3v) is 4.13. The summed E-state index contributed by atoms with van der Waals surface area (Å²) in [4.78, 5) is 2.56. The van der Waals surface area contributed by atoms with E-state index in [9.17, 15) is 0 Å². The van der Waals surface area contributed by atoms with Crippen LogP contribution in [0, 0.1) is 0 Å². The Labute approximate surface area is 118 Å². The summed E-state index contributed by atoms with van der Waals surface area (Å²) in [5.74, 6) is 0. The van der Waals surface area contributed by atoms with Crippen molar-refractivity contribution in [2.24, 2.45) is 0 Å². The molecular formula is C17H28N2. The molecule has 1 aromatic carbocycles. The van der Waals surface area contributed by atoms with Gasteiger partial charge in [0.15, 0.2) is 0 Å². The molecule has 1 N–H and O–H groups in total. The lowest BCUT2D eigenvalue weighted by Gasteiger charge is -2.19. The fourth-order valence-electron chi connectivity index (χ4n) is 2.91. The number of anilines is 1. The first-order chi connectivity index (χ1) is 9.31. The zero-order valence-electron chi connectivity index (χ0n) is 12.5. The number of hydrogen-bond acceptors (Lipinski definition) is 2. The molecule has 2 heteroatoms. The lowest BCUT2D eigenvalue weighted by molar-refractivity contribution is 0.300. The SMILES string of the molecule is CCCc1ccc(NC2CCCN(CC)CC2)cc1. The smallest absolute Gasteiger partial charge is 0.0342 e. The van der Waals surface area contributed by atoms with Crippen molar-refractivity contribution < 1.29 is 0 Å². The van der Waals surface area contributed by atoms with E-state index in [0.29, 0.717) is 6.04 Å². The van der Waals surface area contributed by atoms with Crippen LogP contribution in [0.1, 0.15) is 45.1 Å². The molecule has 1 saturated heterocycles. The largest absolute Gasteiger partial charge is 0.382 e. The van der Waals surface area contributed by atoms with Gasteiger partial charge in [0, 0.05) is 18.3 Å². The monoisotopic (exact) mass is 260 g/mol. The molecule has 0 radical (unpaired) electrons. The van der Waals surface area contributed by atoms with Gasteiger partial charge in [-0.1, -0.05) is 32.4 Å². The number of benzene rings is 1. The van der Waals surface area contributed by atoms with Gasteiger partial charge in [-0.3, -0.25) is 0 Å². The molecular weight excluding hydrogens is 232 g/mol. The summed E-state index contributed by atoms with van der Waals surface area (Å²) < 4.78 is 0. The van der Waals surface area contributed by atoms with Gasteiger partial charge in [0.25, 0.3) is 0 Å². The minimum absolute atomic E-state index is 0.647. The molecule has 1 heterocycles. The van der Waals surface area contributed by atoms with Gasteiger partial charge < -0.3 is 10.2 Å². The van der Waals surface area contributed by atoms with E-state index in [1.165, 1.54) is 63.0 Å². The van der Waals surface area contributed by atoms with Crippen LogP contribution in [0.25, 0.3) is 0 Å². The summed E-state index contributed by atoms with van der Waals surface area (Å²) in [5.41, 5.74) is 2.74. The van der Waals surface area contributed by atoms with E-state index < -0.39 is 0 Å². The van der Waals surface area contributed by atoms with Gasteiger partial charge in [-0.2, -0.15) is 0 Å². The molecule has 19 heavy (non-hydrogen) atoms. The van der Waals surface area contributed by atoms with Gasteiger partial charge in [-0.25, -0.2) is 0 Å². The van der Waals surface area contributed by atoms with Crippen LogP contribution >= 0.6 is 0 Å². The molecule has 1 unspecified atom stereocenters. The molecule has 106 valence electrons. The Morgan fingerprint density at radius 1 is 1.11 bits per heavy atom. The van der Waals surface area contributed by atoms with Crippen molar-refractivity contribution in [3.05, 3.63) is 29.8 Å². The van der Waals surface area contributed by atoms with Crippen molar-refractivity contribution in [3.8, 4) is 0 Å². The molecule has 1 atom stereocenters. The zero-order chi connectivity index (χ0) is 13.5. The molecule has 1 aliphatic heterocycles. The van der Waals surface area contributed by atoms with E-state index in [1.807, 2.05) is 0 Å². The van der Waals surface area contributed by atoms with Crippen LogP contribution < -0.4 is 5.32 Å². The highest BCUT2D eigenvalue weighted by Gasteiger charge is 2.15. The number of rotatable bonds is 5. The second kappa shape index (κ2) is 7.54. The molecule has 2 nitrogen and oxygen atoms in total. The zero-order valence-corrected chi connectivity index (χ0v) is 12.5. The average molecular weight is 260 g/mol.